The van der Waals surface area contributed by atoms with Crippen LogP contribution in [0.4, 0.5) is 0 Å². The maximum atomic E-state index is 9.53. The Bertz CT molecular complexity index is 399. The van der Waals surface area contributed by atoms with Gasteiger partial charge in [0.15, 0.2) is 5.82 Å². The third kappa shape index (κ3) is 3.15. The molecule has 0 aromatic carbocycles. The van der Waals surface area contributed by atoms with Gasteiger partial charge in [0.05, 0.1) is 12.1 Å². The number of nitrogens with one attached hydrogen (secondary N) is 1. The Morgan fingerprint density at radius 1 is 1.11 bits per heavy atom. The molecule has 5 nitrogen and oxygen atoms in total. The molecule has 0 spiro atoms. The molecular formula is C14H23N3O2. The van der Waals surface area contributed by atoms with Gasteiger partial charge in [-0.15, -0.1) is 0 Å². The standard InChI is InChI=1S/C14H23N3O2/c18-11-8-12(15-9-11)14-16-13(17-19-14)10-6-4-2-1-3-5-7-10/h10-12,15,18H,1-9H2. The molecule has 0 amide bonds. The number of hydrogen-bond donors (Lipinski definition) is 2. The fourth-order valence-corrected chi connectivity index (χ4v) is 3.17. The van der Waals surface area contributed by atoms with Crippen molar-refractivity contribution >= 4 is 0 Å². The summed E-state index contributed by atoms with van der Waals surface area (Å²) >= 11 is 0. The van der Waals surface area contributed by atoms with Crippen LogP contribution in [0.3, 0.4) is 0 Å². The SMILES string of the molecule is OC1CNC(c2nc(C3CCCCCCC3)no2)C1. The maximum Gasteiger partial charge on any atom is 0.243 e. The minimum Gasteiger partial charge on any atom is -0.392 e. The molecule has 106 valence electrons. The van der Waals surface area contributed by atoms with E-state index in [1.807, 2.05) is 0 Å². The summed E-state index contributed by atoms with van der Waals surface area (Å²) < 4.78 is 5.39. The van der Waals surface area contributed by atoms with E-state index < -0.39 is 0 Å². The van der Waals surface area contributed by atoms with Gasteiger partial charge in [0, 0.05) is 12.5 Å². The summed E-state index contributed by atoms with van der Waals surface area (Å²) in [6.07, 6.45) is 9.32. The van der Waals surface area contributed by atoms with Gasteiger partial charge in [-0.3, -0.25) is 0 Å². The molecule has 1 aromatic rings. The second-order valence-electron chi connectivity index (χ2n) is 5.88. The summed E-state index contributed by atoms with van der Waals surface area (Å²) in [6, 6.07) is 0.0322. The Hall–Kier alpha value is -0.940. The average molecular weight is 265 g/mol. The van der Waals surface area contributed by atoms with Crippen LogP contribution in [-0.2, 0) is 0 Å². The second kappa shape index (κ2) is 6.01. The quantitative estimate of drug-likeness (QED) is 0.858. The molecule has 1 aromatic heterocycles. The molecule has 1 saturated carbocycles. The zero-order chi connectivity index (χ0) is 13.1. The van der Waals surface area contributed by atoms with Gasteiger partial charge >= 0.3 is 0 Å². The van der Waals surface area contributed by atoms with Crippen molar-refractivity contribution < 1.29 is 9.63 Å². The first-order valence-electron chi connectivity index (χ1n) is 7.58. The van der Waals surface area contributed by atoms with E-state index in [1.165, 1.54) is 44.9 Å². The molecule has 19 heavy (non-hydrogen) atoms. The predicted molar refractivity (Wildman–Crippen MR) is 70.7 cm³/mol. The van der Waals surface area contributed by atoms with Crippen molar-refractivity contribution in [2.75, 3.05) is 6.54 Å². The normalized spacial score (nSPS) is 30.2. The summed E-state index contributed by atoms with van der Waals surface area (Å²) in [5.74, 6) is 1.98. The summed E-state index contributed by atoms with van der Waals surface area (Å²) in [5, 5.41) is 16.9. The Kier molecular flexibility index (Phi) is 4.13. The van der Waals surface area contributed by atoms with E-state index in [0.29, 0.717) is 24.8 Å². The van der Waals surface area contributed by atoms with E-state index in [0.717, 1.165) is 5.82 Å². The highest BCUT2D eigenvalue weighted by atomic mass is 16.5. The number of nitrogens with zero attached hydrogens (tertiary/aromatic N) is 2. The summed E-state index contributed by atoms with van der Waals surface area (Å²) in [7, 11) is 0. The first-order valence-corrected chi connectivity index (χ1v) is 7.58. The number of aromatic nitrogens is 2. The maximum absolute atomic E-state index is 9.53. The molecule has 2 aliphatic rings. The zero-order valence-electron chi connectivity index (χ0n) is 11.3. The molecule has 1 aliphatic heterocycles. The Morgan fingerprint density at radius 2 is 1.84 bits per heavy atom. The molecule has 1 saturated heterocycles. The topological polar surface area (TPSA) is 71.2 Å². The lowest BCUT2D eigenvalue weighted by Crippen LogP contribution is -2.15. The fraction of sp³-hybridized carbons (Fsp3) is 0.857. The molecule has 5 heteroatoms. The minimum atomic E-state index is -0.290. The van der Waals surface area contributed by atoms with Gasteiger partial charge in [0.25, 0.3) is 0 Å². The van der Waals surface area contributed by atoms with E-state index in [9.17, 15) is 5.11 Å². The van der Waals surface area contributed by atoms with Crippen LogP contribution >= 0.6 is 0 Å². The van der Waals surface area contributed by atoms with Crippen LogP contribution in [0.5, 0.6) is 0 Å². The Balaban J connectivity index is 1.66. The highest BCUT2D eigenvalue weighted by Gasteiger charge is 2.29. The molecule has 1 aliphatic carbocycles. The van der Waals surface area contributed by atoms with Crippen molar-refractivity contribution in [3.8, 4) is 0 Å². The second-order valence-corrected chi connectivity index (χ2v) is 5.88. The van der Waals surface area contributed by atoms with Gasteiger partial charge in [-0.25, -0.2) is 0 Å². The molecule has 0 bridgehead atoms. The zero-order valence-corrected chi connectivity index (χ0v) is 11.3. The van der Waals surface area contributed by atoms with Crippen molar-refractivity contribution in [2.45, 2.75) is 69.4 Å². The lowest BCUT2D eigenvalue weighted by Gasteiger charge is -2.15. The fourth-order valence-electron chi connectivity index (χ4n) is 3.17. The monoisotopic (exact) mass is 265 g/mol. The number of aliphatic hydroxyl groups excluding tert-OH is 1. The smallest absolute Gasteiger partial charge is 0.243 e. The van der Waals surface area contributed by atoms with Crippen molar-refractivity contribution in [3.63, 3.8) is 0 Å². The lowest BCUT2D eigenvalue weighted by atomic mass is 9.91. The number of hydrogen-bond acceptors (Lipinski definition) is 5. The summed E-state index contributed by atoms with van der Waals surface area (Å²) in [5.41, 5.74) is 0. The summed E-state index contributed by atoms with van der Waals surface area (Å²) in [4.78, 5) is 4.57. The third-order valence-corrected chi connectivity index (χ3v) is 4.33. The summed E-state index contributed by atoms with van der Waals surface area (Å²) in [6.45, 7) is 0.617. The van der Waals surface area contributed by atoms with E-state index in [1.54, 1.807) is 0 Å². The van der Waals surface area contributed by atoms with Gasteiger partial charge in [0.1, 0.15) is 0 Å². The lowest BCUT2D eigenvalue weighted by molar-refractivity contribution is 0.191. The van der Waals surface area contributed by atoms with Crippen LogP contribution in [0.15, 0.2) is 4.52 Å². The van der Waals surface area contributed by atoms with Crippen molar-refractivity contribution in [1.82, 2.24) is 15.5 Å². The molecule has 2 atom stereocenters. The molecule has 3 rings (SSSR count). The van der Waals surface area contributed by atoms with E-state index in [4.69, 9.17) is 4.52 Å². The highest BCUT2D eigenvalue weighted by molar-refractivity contribution is 5.01. The van der Waals surface area contributed by atoms with Gasteiger partial charge in [-0.2, -0.15) is 4.98 Å². The first-order chi connectivity index (χ1) is 9.33. The largest absolute Gasteiger partial charge is 0.392 e. The van der Waals surface area contributed by atoms with Gasteiger partial charge in [0.2, 0.25) is 5.89 Å². The van der Waals surface area contributed by atoms with Gasteiger partial charge < -0.3 is 14.9 Å². The average Bonchev–Trinajstić information content (AvgIpc) is 2.97. The molecule has 2 fully saturated rings. The van der Waals surface area contributed by atoms with Crippen molar-refractivity contribution in [2.24, 2.45) is 0 Å². The van der Waals surface area contributed by atoms with E-state index in [-0.39, 0.29) is 12.1 Å². The Labute approximate surface area is 113 Å². The van der Waals surface area contributed by atoms with Crippen LogP contribution in [0, 0.1) is 0 Å². The Morgan fingerprint density at radius 3 is 2.53 bits per heavy atom. The highest BCUT2D eigenvalue weighted by Crippen LogP contribution is 2.30. The molecule has 2 heterocycles. The van der Waals surface area contributed by atoms with Crippen LogP contribution in [0.2, 0.25) is 0 Å². The van der Waals surface area contributed by atoms with Gasteiger partial charge in [-0.05, 0) is 19.3 Å². The number of β-amino-alcohol motifs (C(OH)–C–C–N with tert-alkyl or cyclic N) is 1. The van der Waals surface area contributed by atoms with E-state index >= 15 is 0 Å². The van der Waals surface area contributed by atoms with Crippen molar-refractivity contribution in [3.05, 3.63) is 11.7 Å². The number of aliphatic hydroxyl groups is 1. The molecule has 0 radical (unpaired) electrons. The molecule has 2 unspecified atom stereocenters. The van der Waals surface area contributed by atoms with Gasteiger partial charge in [-0.1, -0.05) is 37.3 Å². The molecular weight excluding hydrogens is 242 g/mol. The van der Waals surface area contributed by atoms with Crippen LogP contribution in [0.1, 0.15) is 75.0 Å². The van der Waals surface area contributed by atoms with Crippen LogP contribution in [0.25, 0.3) is 0 Å². The number of rotatable bonds is 2. The van der Waals surface area contributed by atoms with Crippen LogP contribution in [-0.4, -0.2) is 27.9 Å². The third-order valence-electron chi connectivity index (χ3n) is 4.33. The van der Waals surface area contributed by atoms with Crippen LogP contribution < -0.4 is 5.32 Å². The van der Waals surface area contributed by atoms with E-state index in [2.05, 4.69) is 15.5 Å². The predicted octanol–water partition coefficient (Wildman–Crippen LogP) is 2.29. The van der Waals surface area contributed by atoms with Crippen molar-refractivity contribution in [1.29, 1.82) is 0 Å². The first kappa shape index (κ1) is 13.1. The minimum absolute atomic E-state index is 0.0322. The molecule has 2 N–H and O–H groups in total.